The van der Waals surface area contributed by atoms with Crippen molar-refractivity contribution >= 4 is 12.3 Å². The predicted octanol–water partition coefficient (Wildman–Crippen LogP) is 3.03. The van der Waals surface area contributed by atoms with Gasteiger partial charge in [-0.05, 0) is 0 Å². The third kappa shape index (κ3) is 5.00. The Hall–Kier alpha value is -1.98. The van der Waals surface area contributed by atoms with E-state index in [2.05, 4.69) is 22.6 Å². The van der Waals surface area contributed by atoms with Crippen molar-refractivity contribution in [2.45, 2.75) is 23.7 Å². The molecule has 0 N–H and O–H groups in total. The number of alkyl halides is 8. The molecule has 0 saturated heterocycles. The van der Waals surface area contributed by atoms with Crippen LogP contribution in [0, 0.1) is 0 Å². The van der Waals surface area contributed by atoms with E-state index in [1.807, 2.05) is 0 Å². The third-order valence-electron chi connectivity index (χ3n) is 2.61. The second-order valence-corrected chi connectivity index (χ2v) is 4.64. The van der Waals surface area contributed by atoms with Crippen molar-refractivity contribution in [1.82, 2.24) is 0 Å². The summed E-state index contributed by atoms with van der Waals surface area (Å²) >= 11 is 0. The zero-order valence-corrected chi connectivity index (χ0v) is 12.3. The fraction of sp³-hybridized carbons (Fsp3) is 0.538. The average molecular weight is 384 g/mol. The summed E-state index contributed by atoms with van der Waals surface area (Å²) in [5, 5.41) is 0. The molecule has 0 fully saturated rings. The zero-order chi connectivity index (χ0) is 20.1. The van der Waals surface area contributed by atoms with E-state index < -0.39 is 55.1 Å². The average Bonchev–Trinajstić information content (AvgIpc) is 2.51. The molecule has 0 radical (unpaired) electrons. The molecule has 0 aliphatic rings. The van der Waals surface area contributed by atoms with Crippen LogP contribution in [0.3, 0.4) is 0 Å². The molecule has 0 aliphatic carbocycles. The Kier molecular flexibility index (Phi) is 7.30. The summed E-state index contributed by atoms with van der Waals surface area (Å²) in [5.74, 6) is -26.4. The minimum absolute atomic E-state index is 0.0208. The van der Waals surface area contributed by atoms with Crippen molar-refractivity contribution in [3.63, 3.8) is 0 Å². The lowest BCUT2D eigenvalue weighted by atomic mass is 9.99. The first-order valence-electron chi connectivity index (χ1n) is 6.17. The molecule has 4 nitrogen and oxygen atoms in total. The maximum absolute atomic E-state index is 13.4. The van der Waals surface area contributed by atoms with E-state index in [9.17, 15) is 44.7 Å². The van der Waals surface area contributed by atoms with Crippen LogP contribution in [0.2, 0.25) is 0 Å². The van der Waals surface area contributed by atoms with Gasteiger partial charge in [0.2, 0.25) is 0 Å². The van der Waals surface area contributed by atoms with Crippen LogP contribution in [0.5, 0.6) is 0 Å². The van der Waals surface area contributed by atoms with Crippen LogP contribution in [-0.4, -0.2) is 55.8 Å². The Morgan fingerprint density at radius 1 is 0.920 bits per heavy atom. The fourth-order valence-electron chi connectivity index (χ4n) is 1.21. The SMILES string of the molecule is C=CC(=O)OCC(F)(F)C(F)(F)C(F)(F)C(F)(F)COCC(=C)C=O. The number of aldehydes is 1. The highest BCUT2D eigenvalue weighted by molar-refractivity contribution is 5.81. The van der Waals surface area contributed by atoms with Crippen LogP contribution in [0.15, 0.2) is 24.8 Å². The number of hydrogen-bond acceptors (Lipinski definition) is 4. The molecule has 0 spiro atoms. The van der Waals surface area contributed by atoms with Gasteiger partial charge in [0.25, 0.3) is 0 Å². The van der Waals surface area contributed by atoms with Crippen LogP contribution in [-0.2, 0) is 19.1 Å². The van der Waals surface area contributed by atoms with E-state index in [1.54, 1.807) is 0 Å². The number of halogens is 8. The first kappa shape index (κ1) is 23.0. The van der Waals surface area contributed by atoms with Gasteiger partial charge in [-0.2, -0.15) is 35.1 Å². The van der Waals surface area contributed by atoms with Gasteiger partial charge in [-0.15, -0.1) is 0 Å². The summed E-state index contributed by atoms with van der Waals surface area (Å²) in [6.45, 7) is -0.303. The Morgan fingerprint density at radius 3 is 1.76 bits per heavy atom. The van der Waals surface area contributed by atoms with Crippen molar-refractivity contribution in [2.24, 2.45) is 0 Å². The number of rotatable bonds is 11. The van der Waals surface area contributed by atoms with Gasteiger partial charge in [0.05, 0.1) is 6.61 Å². The van der Waals surface area contributed by atoms with Crippen LogP contribution in [0.25, 0.3) is 0 Å². The smallest absolute Gasteiger partial charge is 0.381 e. The van der Waals surface area contributed by atoms with Crippen LogP contribution >= 0.6 is 0 Å². The predicted molar refractivity (Wildman–Crippen MR) is 67.0 cm³/mol. The van der Waals surface area contributed by atoms with Crippen molar-refractivity contribution in [1.29, 1.82) is 0 Å². The zero-order valence-electron chi connectivity index (χ0n) is 12.3. The van der Waals surface area contributed by atoms with Crippen molar-refractivity contribution < 1.29 is 54.2 Å². The molecule has 0 aromatic carbocycles. The molecule has 25 heavy (non-hydrogen) atoms. The molecule has 0 aliphatic heterocycles. The number of esters is 1. The lowest BCUT2D eigenvalue weighted by Gasteiger charge is -2.36. The summed E-state index contributed by atoms with van der Waals surface area (Å²) < 4.78 is 114. The molecular formula is C13H12F8O4. The van der Waals surface area contributed by atoms with Gasteiger partial charge < -0.3 is 9.47 Å². The molecule has 0 aromatic heterocycles. The standard InChI is InChI=1S/C13H12F8O4/c1-3-9(23)25-7-11(16,17)13(20,21)12(18,19)10(14,15)6-24-5-8(2)4-22/h3-4H,1-2,5-7H2. The van der Waals surface area contributed by atoms with E-state index in [0.717, 1.165) is 0 Å². The number of carbonyl (C=O) groups is 2. The van der Waals surface area contributed by atoms with Gasteiger partial charge in [-0.3, -0.25) is 4.79 Å². The van der Waals surface area contributed by atoms with E-state index in [-0.39, 0.29) is 12.4 Å². The molecule has 0 bridgehead atoms. The normalized spacial score (nSPS) is 13.3. The molecule has 0 saturated carbocycles. The molecule has 0 heterocycles. The number of hydrogen-bond donors (Lipinski definition) is 0. The second-order valence-electron chi connectivity index (χ2n) is 4.64. The summed E-state index contributed by atoms with van der Waals surface area (Å²) in [4.78, 5) is 20.7. The monoisotopic (exact) mass is 384 g/mol. The third-order valence-corrected chi connectivity index (χ3v) is 2.61. The van der Waals surface area contributed by atoms with Crippen LogP contribution in [0.4, 0.5) is 35.1 Å². The second kappa shape index (κ2) is 7.93. The molecular weight excluding hydrogens is 372 g/mol. The van der Waals surface area contributed by atoms with Gasteiger partial charge in [-0.1, -0.05) is 13.2 Å². The van der Waals surface area contributed by atoms with Crippen LogP contribution < -0.4 is 0 Å². The number of ether oxygens (including phenoxy) is 2. The number of carbonyl (C=O) groups excluding carboxylic acids is 2. The summed E-state index contributed by atoms with van der Waals surface area (Å²) in [6.07, 6.45) is 0.293. The van der Waals surface area contributed by atoms with Gasteiger partial charge in [0, 0.05) is 11.6 Å². The van der Waals surface area contributed by atoms with E-state index in [1.165, 1.54) is 0 Å². The molecule has 0 atom stereocenters. The highest BCUT2D eigenvalue weighted by atomic mass is 19.4. The Bertz CT molecular complexity index is 530. The molecule has 0 amide bonds. The minimum atomic E-state index is -6.60. The van der Waals surface area contributed by atoms with Crippen molar-refractivity contribution in [3.8, 4) is 0 Å². The summed E-state index contributed by atoms with van der Waals surface area (Å²) in [5.41, 5.74) is -0.479. The molecule has 144 valence electrons. The Balaban J connectivity index is 5.32. The summed E-state index contributed by atoms with van der Waals surface area (Å²) in [6, 6.07) is 0. The van der Waals surface area contributed by atoms with Crippen molar-refractivity contribution in [3.05, 3.63) is 24.8 Å². The van der Waals surface area contributed by atoms with E-state index in [0.29, 0.717) is 0 Å². The largest absolute Gasteiger partial charge is 0.456 e. The molecule has 12 heteroatoms. The van der Waals surface area contributed by atoms with Crippen molar-refractivity contribution in [2.75, 3.05) is 19.8 Å². The first-order valence-corrected chi connectivity index (χ1v) is 6.17. The quantitative estimate of drug-likeness (QED) is 0.238. The highest BCUT2D eigenvalue weighted by Gasteiger charge is 2.80. The Morgan fingerprint density at radius 2 is 1.36 bits per heavy atom. The summed E-state index contributed by atoms with van der Waals surface area (Å²) in [7, 11) is 0. The Labute approximate surface area is 136 Å². The fourth-order valence-corrected chi connectivity index (χ4v) is 1.21. The maximum atomic E-state index is 13.4. The van der Waals surface area contributed by atoms with E-state index in [4.69, 9.17) is 0 Å². The van der Waals surface area contributed by atoms with Crippen LogP contribution in [0.1, 0.15) is 0 Å². The first-order chi connectivity index (χ1) is 11.2. The maximum Gasteiger partial charge on any atom is 0.381 e. The van der Waals surface area contributed by atoms with Gasteiger partial charge in [-0.25, -0.2) is 4.79 Å². The lowest BCUT2D eigenvalue weighted by molar-refractivity contribution is -0.375. The van der Waals surface area contributed by atoms with Gasteiger partial charge >= 0.3 is 29.7 Å². The molecule has 0 unspecified atom stereocenters. The van der Waals surface area contributed by atoms with Gasteiger partial charge in [0.15, 0.2) is 6.61 Å². The molecule has 0 rings (SSSR count). The van der Waals surface area contributed by atoms with E-state index >= 15 is 0 Å². The van der Waals surface area contributed by atoms with Gasteiger partial charge in [0.1, 0.15) is 12.9 Å². The topological polar surface area (TPSA) is 52.6 Å². The highest BCUT2D eigenvalue weighted by Crippen LogP contribution is 2.52. The minimum Gasteiger partial charge on any atom is -0.456 e. The molecule has 0 aromatic rings. The lowest BCUT2D eigenvalue weighted by Crippen LogP contribution is -2.64.